The van der Waals surface area contributed by atoms with Crippen molar-refractivity contribution >= 4 is 43.8 Å². The van der Waals surface area contributed by atoms with E-state index in [1.807, 2.05) is 19.1 Å². The highest BCUT2D eigenvalue weighted by Crippen LogP contribution is 2.25. The summed E-state index contributed by atoms with van der Waals surface area (Å²) in [6, 6.07) is 10.1. The molecule has 0 saturated carbocycles. The number of halogens is 3. The van der Waals surface area contributed by atoms with Gasteiger partial charge in [-0.15, -0.1) is 0 Å². The largest absolute Gasteiger partial charge is 0.279 e. The minimum Gasteiger partial charge on any atom is -0.279 e. The zero-order valence-corrected chi connectivity index (χ0v) is 13.3. The summed E-state index contributed by atoms with van der Waals surface area (Å²) in [4.78, 5) is 0. The third-order valence-electron chi connectivity index (χ3n) is 2.45. The first-order valence-corrected chi connectivity index (χ1v) is 7.15. The van der Waals surface area contributed by atoms with Crippen LogP contribution in [0.2, 0.25) is 0 Å². The van der Waals surface area contributed by atoms with Gasteiger partial charge in [-0.3, -0.25) is 5.43 Å². The lowest BCUT2D eigenvalue weighted by Crippen LogP contribution is -1.93. The summed E-state index contributed by atoms with van der Waals surface area (Å²) in [7, 11) is 0. The van der Waals surface area contributed by atoms with E-state index < -0.39 is 0 Å². The Morgan fingerprint density at radius 1 is 1.11 bits per heavy atom. The van der Waals surface area contributed by atoms with Crippen molar-refractivity contribution < 1.29 is 4.39 Å². The molecule has 98 valence electrons. The number of nitrogens with zero attached hydrogens (tertiary/aromatic N) is 1. The Morgan fingerprint density at radius 2 is 1.68 bits per heavy atom. The average Bonchev–Trinajstić information content (AvgIpc) is 2.34. The fourth-order valence-corrected chi connectivity index (χ4v) is 3.15. The second-order valence-electron chi connectivity index (χ2n) is 4.02. The van der Waals surface area contributed by atoms with Crippen LogP contribution in [-0.2, 0) is 0 Å². The monoisotopic (exact) mass is 384 g/mol. The quantitative estimate of drug-likeness (QED) is 0.576. The summed E-state index contributed by atoms with van der Waals surface area (Å²) in [5.41, 5.74) is 5.68. The maximum atomic E-state index is 12.7. The first-order valence-electron chi connectivity index (χ1n) is 5.56. The van der Waals surface area contributed by atoms with E-state index in [2.05, 4.69) is 42.4 Å². The first kappa shape index (κ1) is 14.2. The molecular formula is C14H11Br2FN2. The van der Waals surface area contributed by atoms with Crippen molar-refractivity contribution in [3.63, 3.8) is 0 Å². The summed E-state index contributed by atoms with van der Waals surface area (Å²) in [6.45, 7) is 2.02. The van der Waals surface area contributed by atoms with Gasteiger partial charge in [0.25, 0.3) is 0 Å². The van der Waals surface area contributed by atoms with Gasteiger partial charge in [0, 0.05) is 14.5 Å². The van der Waals surface area contributed by atoms with Crippen LogP contribution in [-0.4, -0.2) is 6.21 Å². The molecule has 19 heavy (non-hydrogen) atoms. The standard InChI is InChI=1S/C14H11Br2FN2/c1-9-6-13(15)12(14(16)7-9)8-18-19-11-4-2-10(17)3-5-11/h2-8,19H,1H3/b18-8+. The topological polar surface area (TPSA) is 24.4 Å². The van der Waals surface area contributed by atoms with Crippen LogP contribution in [0.4, 0.5) is 10.1 Å². The van der Waals surface area contributed by atoms with E-state index in [-0.39, 0.29) is 5.82 Å². The van der Waals surface area contributed by atoms with Crippen molar-refractivity contribution in [2.45, 2.75) is 6.92 Å². The Kier molecular flexibility index (Phi) is 4.71. The van der Waals surface area contributed by atoms with Crippen LogP contribution in [0, 0.1) is 12.7 Å². The number of hydrogen-bond donors (Lipinski definition) is 1. The van der Waals surface area contributed by atoms with Crippen molar-refractivity contribution in [2.75, 3.05) is 5.43 Å². The molecule has 0 aromatic heterocycles. The van der Waals surface area contributed by atoms with Crippen LogP contribution in [0.1, 0.15) is 11.1 Å². The van der Waals surface area contributed by atoms with Gasteiger partial charge in [0.1, 0.15) is 5.82 Å². The number of aryl methyl sites for hydroxylation is 1. The lowest BCUT2D eigenvalue weighted by atomic mass is 10.2. The molecule has 2 aromatic rings. The zero-order chi connectivity index (χ0) is 13.8. The summed E-state index contributed by atoms with van der Waals surface area (Å²) < 4.78 is 14.7. The Balaban J connectivity index is 2.13. The molecule has 0 heterocycles. The normalized spacial score (nSPS) is 10.9. The molecular weight excluding hydrogens is 375 g/mol. The predicted molar refractivity (Wildman–Crippen MR) is 84.2 cm³/mol. The number of benzene rings is 2. The van der Waals surface area contributed by atoms with E-state index in [1.165, 1.54) is 12.1 Å². The molecule has 0 spiro atoms. The molecule has 0 aliphatic rings. The van der Waals surface area contributed by atoms with Gasteiger partial charge in [-0.05, 0) is 48.9 Å². The number of anilines is 1. The highest BCUT2D eigenvalue weighted by atomic mass is 79.9. The number of rotatable bonds is 3. The van der Waals surface area contributed by atoms with Gasteiger partial charge in [0.15, 0.2) is 0 Å². The second kappa shape index (κ2) is 6.30. The van der Waals surface area contributed by atoms with Crippen molar-refractivity contribution in [3.8, 4) is 0 Å². The summed E-state index contributed by atoms with van der Waals surface area (Å²) in [6.07, 6.45) is 1.71. The van der Waals surface area contributed by atoms with Gasteiger partial charge >= 0.3 is 0 Å². The van der Waals surface area contributed by atoms with E-state index in [0.29, 0.717) is 0 Å². The number of hydrazone groups is 1. The molecule has 0 atom stereocenters. The molecule has 2 rings (SSSR count). The molecule has 2 nitrogen and oxygen atoms in total. The third kappa shape index (κ3) is 3.88. The molecule has 2 aromatic carbocycles. The predicted octanol–water partition coefficient (Wildman–Crippen LogP) is 5.11. The summed E-state index contributed by atoms with van der Waals surface area (Å²) in [5.74, 6) is -0.265. The fraction of sp³-hybridized carbons (Fsp3) is 0.0714. The smallest absolute Gasteiger partial charge is 0.123 e. The third-order valence-corrected chi connectivity index (χ3v) is 3.77. The van der Waals surface area contributed by atoms with E-state index in [9.17, 15) is 4.39 Å². The van der Waals surface area contributed by atoms with Gasteiger partial charge in [-0.25, -0.2) is 4.39 Å². The minimum atomic E-state index is -0.265. The molecule has 0 amide bonds. The van der Waals surface area contributed by atoms with Crippen molar-refractivity contribution in [2.24, 2.45) is 5.10 Å². The molecule has 0 radical (unpaired) electrons. The van der Waals surface area contributed by atoms with Crippen LogP contribution in [0.15, 0.2) is 50.4 Å². The van der Waals surface area contributed by atoms with Crippen LogP contribution in [0.25, 0.3) is 0 Å². The second-order valence-corrected chi connectivity index (χ2v) is 5.73. The Hall–Kier alpha value is -1.20. The fourth-order valence-electron chi connectivity index (χ4n) is 1.53. The first-order chi connectivity index (χ1) is 9.06. The van der Waals surface area contributed by atoms with Crippen LogP contribution in [0.5, 0.6) is 0 Å². The highest BCUT2D eigenvalue weighted by Gasteiger charge is 2.03. The van der Waals surface area contributed by atoms with E-state index >= 15 is 0 Å². The SMILES string of the molecule is Cc1cc(Br)c(/C=N/Nc2ccc(F)cc2)c(Br)c1. The van der Waals surface area contributed by atoms with Crippen molar-refractivity contribution in [3.05, 3.63) is 62.3 Å². The molecule has 5 heteroatoms. The van der Waals surface area contributed by atoms with E-state index in [0.717, 1.165) is 25.8 Å². The molecule has 0 bridgehead atoms. The van der Waals surface area contributed by atoms with Gasteiger partial charge in [-0.2, -0.15) is 5.10 Å². The van der Waals surface area contributed by atoms with E-state index in [1.54, 1.807) is 18.3 Å². The van der Waals surface area contributed by atoms with Gasteiger partial charge in [0.05, 0.1) is 11.9 Å². The van der Waals surface area contributed by atoms with Gasteiger partial charge in [-0.1, -0.05) is 31.9 Å². The molecule has 0 fully saturated rings. The molecule has 0 aliphatic heterocycles. The summed E-state index contributed by atoms with van der Waals surface area (Å²) in [5, 5.41) is 4.14. The van der Waals surface area contributed by atoms with Crippen molar-refractivity contribution in [1.29, 1.82) is 0 Å². The molecule has 1 N–H and O–H groups in total. The van der Waals surface area contributed by atoms with Gasteiger partial charge in [0.2, 0.25) is 0 Å². The van der Waals surface area contributed by atoms with E-state index in [4.69, 9.17) is 0 Å². The van der Waals surface area contributed by atoms with Gasteiger partial charge < -0.3 is 0 Å². The minimum absolute atomic E-state index is 0.265. The maximum absolute atomic E-state index is 12.7. The Labute approximate surface area is 128 Å². The van der Waals surface area contributed by atoms with Crippen LogP contribution >= 0.6 is 31.9 Å². The Bertz CT molecular complexity index is 586. The lowest BCUT2D eigenvalue weighted by Gasteiger charge is -2.04. The molecule has 0 aliphatic carbocycles. The Morgan fingerprint density at radius 3 is 2.26 bits per heavy atom. The lowest BCUT2D eigenvalue weighted by molar-refractivity contribution is 0.628. The van der Waals surface area contributed by atoms with Crippen molar-refractivity contribution in [1.82, 2.24) is 0 Å². The highest BCUT2D eigenvalue weighted by molar-refractivity contribution is 9.11. The van der Waals surface area contributed by atoms with Crippen LogP contribution < -0.4 is 5.43 Å². The maximum Gasteiger partial charge on any atom is 0.123 e. The zero-order valence-electron chi connectivity index (χ0n) is 10.1. The average molecular weight is 386 g/mol. The van der Waals surface area contributed by atoms with Crippen LogP contribution in [0.3, 0.4) is 0 Å². The molecule has 0 saturated heterocycles. The summed E-state index contributed by atoms with van der Waals surface area (Å²) >= 11 is 6.99. The number of nitrogens with one attached hydrogen (secondary N) is 1. The number of hydrogen-bond acceptors (Lipinski definition) is 2. The molecule has 0 unspecified atom stereocenters.